The van der Waals surface area contributed by atoms with Gasteiger partial charge in [-0.25, -0.2) is 4.39 Å². The number of halogens is 1. The third kappa shape index (κ3) is 4.48. The molecule has 1 fully saturated rings. The Morgan fingerprint density at radius 2 is 1.97 bits per heavy atom. The molecule has 1 aromatic heterocycles. The molecule has 0 spiro atoms. The van der Waals surface area contributed by atoms with E-state index in [1.165, 1.54) is 17.4 Å². The first kappa shape index (κ1) is 20.3. The maximum Gasteiger partial charge on any atom is 0.266 e. The maximum atomic E-state index is 14.4. The maximum absolute atomic E-state index is 14.4. The summed E-state index contributed by atoms with van der Waals surface area (Å²) in [4.78, 5) is 16.0. The van der Waals surface area contributed by atoms with Gasteiger partial charge in [-0.3, -0.25) is 9.69 Å². The highest BCUT2D eigenvalue weighted by molar-refractivity contribution is 7.99. The second-order valence-corrected chi connectivity index (χ2v) is 9.23. The summed E-state index contributed by atoms with van der Waals surface area (Å²) in [5.41, 5.74) is 2.50. The number of anilines is 1. The molecule has 4 nitrogen and oxygen atoms in total. The molecule has 3 aromatic rings. The molecule has 0 radical (unpaired) electrons. The Bertz CT molecular complexity index is 1020. The predicted molar refractivity (Wildman–Crippen MR) is 119 cm³/mol. The van der Waals surface area contributed by atoms with E-state index in [1.54, 1.807) is 13.2 Å². The van der Waals surface area contributed by atoms with Crippen LogP contribution < -0.4 is 5.32 Å². The Kier molecular flexibility index (Phi) is 6.50. The summed E-state index contributed by atoms with van der Waals surface area (Å²) in [6, 6.07) is 12.8. The number of hydrogen-bond donors (Lipinski definition) is 1. The molecule has 152 valence electrons. The summed E-state index contributed by atoms with van der Waals surface area (Å²) in [5.74, 6) is 1.73. The average molecular weight is 431 g/mol. The van der Waals surface area contributed by atoms with E-state index < -0.39 is 0 Å². The minimum atomic E-state index is -0.326. The fourth-order valence-corrected chi connectivity index (χ4v) is 5.69. The van der Waals surface area contributed by atoms with Crippen LogP contribution >= 0.6 is 23.1 Å². The highest BCUT2D eigenvalue weighted by Gasteiger charge is 2.22. The van der Waals surface area contributed by atoms with Crippen molar-refractivity contribution in [2.75, 3.05) is 37.0 Å². The van der Waals surface area contributed by atoms with Crippen LogP contribution in [-0.2, 0) is 17.9 Å². The molecule has 2 aromatic carbocycles. The molecule has 4 rings (SSSR count). The molecule has 0 aliphatic carbocycles. The Morgan fingerprint density at radius 1 is 1.17 bits per heavy atom. The molecule has 1 aliphatic heterocycles. The summed E-state index contributed by atoms with van der Waals surface area (Å²) in [6.07, 6.45) is 0. The zero-order valence-electron chi connectivity index (χ0n) is 16.2. The number of ether oxygens (including phenoxy) is 1. The lowest BCUT2D eigenvalue weighted by Crippen LogP contribution is -2.32. The van der Waals surface area contributed by atoms with Crippen LogP contribution in [-0.4, -0.2) is 42.5 Å². The fourth-order valence-electron chi connectivity index (χ4n) is 3.59. The van der Waals surface area contributed by atoms with Gasteiger partial charge in [0.1, 0.15) is 5.82 Å². The minimum absolute atomic E-state index is 0.191. The van der Waals surface area contributed by atoms with Crippen LogP contribution in [0.3, 0.4) is 0 Å². The van der Waals surface area contributed by atoms with Gasteiger partial charge < -0.3 is 10.1 Å². The number of methoxy groups -OCH3 is 1. The molecule has 1 aliphatic rings. The number of amides is 1. The number of hydrogen-bond acceptors (Lipinski definition) is 5. The molecule has 7 heteroatoms. The van der Waals surface area contributed by atoms with E-state index in [9.17, 15) is 9.18 Å². The number of benzene rings is 2. The number of carbonyl (C=O) groups excluding carboxylic acids is 1. The fraction of sp³-hybridized carbons (Fsp3) is 0.318. The number of thioether (sulfide) groups is 1. The first-order valence-corrected chi connectivity index (χ1v) is 11.5. The van der Waals surface area contributed by atoms with E-state index in [0.717, 1.165) is 47.1 Å². The Balaban J connectivity index is 1.62. The van der Waals surface area contributed by atoms with Crippen LogP contribution in [0.2, 0.25) is 0 Å². The summed E-state index contributed by atoms with van der Waals surface area (Å²) in [7, 11) is 1.55. The van der Waals surface area contributed by atoms with E-state index in [0.29, 0.717) is 15.8 Å². The summed E-state index contributed by atoms with van der Waals surface area (Å²) < 4.78 is 20.4. The standard InChI is InChI=1S/C22H23FN2O2S2/c1-27-14-16-20-17(23)6-4-8-19(20)29-21(16)22(26)24-18-7-3-2-5-15(18)13-25-9-11-28-12-10-25/h2-8H,9-14H2,1H3,(H,24,26). The Morgan fingerprint density at radius 3 is 2.76 bits per heavy atom. The van der Waals surface area contributed by atoms with Crippen molar-refractivity contribution >= 4 is 44.8 Å². The van der Waals surface area contributed by atoms with Gasteiger partial charge in [-0.15, -0.1) is 11.3 Å². The lowest BCUT2D eigenvalue weighted by atomic mass is 10.1. The molecule has 2 heterocycles. The van der Waals surface area contributed by atoms with Crippen LogP contribution in [0.25, 0.3) is 10.1 Å². The van der Waals surface area contributed by atoms with Crippen molar-refractivity contribution < 1.29 is 13.9 Å². The smallest absolute Gasteiger partial charge is 0.266 e. The van der Waals surface area contributed by atoms with Crippen molar-refractivity contribution in [3.05, 3.63) is 64.3 Å². The van der Waals surface area contributed by atoms with Gasteiger partial charge in [0.2, 0.25) is 0 Å². The zero-order chi connectivity index (χ0) is 20.2. The van der Waals surface area contributed by atoms with Crippen molar-refractivity contribution in [3.63, 3.8) is 0 Å². The number of carbonyl (C=O) groups is 1. The van der Waals surface area contributed by atoms with Crippen LogP contribution in [0.5, 0.6) is 0 Å². The SMILES string of the molecule is COCc1c(C(=O)Nc2ccccc2CN2CCSCC2)sc2cccc(F)c12. The molecule has 0 atom stereocenters. The van der Waals surface area contributed by atoms with Gasteiger partial charge in [-0.05, 0) is 23.8 Å². The molecular formula is C22H23FN2O2S2. The van der Waals surface area contributed by atoms with Crippen LogP contribution in [0.1, 0.15) is 20.8 Å². The van der Waals surface area contributed by atoms with Gasteiger partial charge in [-0.1, -0.05) is 24.3 Å². The third-order valence-corrected chi connectivity index (χ3v) is 7.16. The van der Waals surface area contributed by atoms with Crippen LogP contribution in [0.4, 0.5) is 10.1 Å². The molecule has 1 saturated heterocycles. The van der Waals surface area contributed by atoms with Crippen molar-refractivity contribution in [2.24, 2.45) is 0 Å². The summed E-state index contributed by atoms with van der Waals surface area (Å²) >= 11 is 3.28. The second-order valence-electron chi connectivity index (χ2n) is 6.96. The van der Waals surface area contributed by atoms with Gasteiger partial charge in [-0.2, -0.15) is 11.8 Å². The molecule has 29 heavy (non-hydrogen) atoms. The monoisotopic (exact) mass is 430 g/mol. The molecule has 0 bridgehead atoms. The van der Waals surface area contributed by atoms with E-state index in [2.05, 4.69) is 16.3 Å². The largest absolute Gasteiger partial charge is 0.380 e. The quantitative estimate of drug-likeness (QED) is 0.598. The highest BCUT2D eigenvalue weighted by atomic mass is 32.2. The molecule has 1 N–H and O–H groups in total. The van der Waals surface area contributed by atoms with Crippen LogP contribution in [0.15, 0.2) is 42.5 Å². The Labute approximate surface area is 178 Å². The van der Waals surface area contributed by atoms with E-state index in [-0.39, 0.29) is 18.3 Å². The van der Waals surface area contributed by atoms with E-state index >= 15 is 0 Å². The molecule has 1 amide bonds. The molecular weight excluding hydrogens is 407 g/mol. The number of thiophene rings is 1. The van der Waals surface area contributed by atoms with Crippen molar-refractivity contribution in [1.82, 2.24) is 4.90 Å². The van der Waals surface area contributed by atoms with Crippen molar-refractivity contribution in [2.45, 2.75) is 13.2 Å². The normalized spacial score (nSPS) is 15.0. The van der Waals surface area contributed by atoms with Crippen molar-refractivity contribution in [1.29, 1.82) is 0 Å². The van der Waals surface area contributed by atoms with Gasteiger partial charge in [0.25, 0.3) is 5.91 Å². The van der Waals surface area contributed by atoms with E-state index in [4.69, 9.17) is 4.74 Å². The average Bonchev–Trinajstić information content (AvgIpc) is 3.10. The molecule has 0 saturated carbocycles. The van der Waals surface area contributed by atoms with Gasteiger partial charge in [0, 0.05) is 59.6 Å². The lowest BCUT2D eigenvalue weighted by Gasteiger charge is -2.27. The first-order chi connectivity index (χ1) is 14.2. The lowest BCUT2D eigenvalue weighted by molar-refractivity contribution is 0.102. The Hall–Kier alpha value is -1.93. The number of rotatable bonds is 6. The topological polar surface area (TPSA) is 41.6 Å². The zero-order valence-corrected chi connectivity index (χ0v) is 17.9. The predicted octanol–water partition coefficient (Wildman–Crippen LogP) is 4.99. The third-order valence-electron chi connectivity index (χ3n) is 5.02. The summed E-state index contributed by atoms with van der Waals surface area (Å²) in [6.45, 7) is 3.11. The minimum Gasteiger partial charge on any atom is -0.380 e. The van der Waals surface area contributed by atoms with E-state index in [1.807, 2.05) is 36.0 Å². The van der Waals surface area contributed by atoms with Gasteiger partial charge >= 0.3 is 0 Å². The second kappa shape index (κ2) is 9.26. The number of nitrogens with zero attached hydrogens (tertiary/aromatic N) is 1. The number of nitrogens with one attached hydrogen (secondary N) is 1. The van der Waals surface area contributed by atoms with Gasteiger partial charge in [0.05, 0.1) is 11.5 Å². The summed E-state index contributed by atoms with van der Waals surface area (Å²) in [5, 5.41) is 3.53. The number of para-hydroxylation sites is 1. The molecule has 0 unspecified atom stereocenters. The first-order valence-electron chi connectivity index (χ1n) is 9.55. The highest BCUT2D eigenvalue weighted by Crippen LogP contribution is 2.34. The van der Waals surface area contributed by atoms with Crippen molar-refractivity contribution in [3.8, 4) is 0 Å². The van der Waals surface area contributed by atoms with Gasteiger partial charge in [0.15, 0.2) is 0 Å². The van der Waals surface area contributed by atoms with Crippen LogP contribution in [0, 0.1) is 5.82 Å². The number of fused-ring (bicyclic) bond motifs is 1.